The van der Waals surface area contributed by atoms with Gasteiger partial charge in [-0.1, -0.05) is 0 Å². The number of hydrogen-bond acceptors (Lipinski definition) is 4. The van der Waals surface area contributed by atoms with Crippen molar-refractivity contribution in [3.63, 3.8) is 0 Å². The molecule has 2 fully saturated rings. The molecule has 5 nitrogen and oxygen atoms in total. The van der Waals surface area contributed by atoms with E-state index in [9.17, 15) is 14.0 Å². The Bertz CT molecular complexity index is 601. The first-order chi connectivity index (χ1) is 9.11. The molecule has 19 heavy (non-hydrogen) atoms. The molecule has 2 amide bonds. The van der Waals surface area contributed by atoms with Crippen LogP contribution in [0.15, 0.2) is 18.2 Å². The van der Waals surface area contributed by atoms with Crippen molar-refractivity contribution in [3.05, 3.63) is 29.6 Å². The van der Waals surface area contributed by atoms with E-state index in [4.69, 9.17) is 10.00 Å². The summed E-state index contributed by atoms with van der Waals surface area (Å²) in [6, 6.07) is 5.20. The third-order valence-electron chi connectivity index (χ3n) is 3.33. The number of hydrogen-bond donors (Lipinski definition) is 0. The van der Waals surface area contributed by atoms with Crippen LogP contribution >= 0.6 is 0 Å². The molecule has 2 heterocycles. The minimum atomic E-state index is -0.640. The summed E-state index contributed by atoms with van der Waals surface area (Å²) in [7, 11) is 0. The number of ether oxygens (including phenoxy) is 1. The molecule has 2 bridgehead atoms. The van der Waals surface area contributed by atoms with E-state index in [2.05, 4.69) is 0 Å². The van der Waals surface area contributed by atoms with Gasteiger partial charge in [0.1, 0.15) is 24.1 Å². The van der Waals surface area contributed by atoms with E-state index in [0.717, 1.165) is 17.0 Å². The van der Waals surface area contributed by atoms with Gasteiger partial charge in [-0.2, -0.15) is 5.26 Å². The molecule has 1 aromatic rings. The molecular formula is C13H9FN2O3. The van der Waals surface area contributed by atoms with Gasteiger partial charge >= 0.3 is 0 Å². The van der Waals surface area contributed by atoms with Crippen LogP contribution in [-0.2, 0) is 14.3 Å². The number of imide groups is 1. The van der Waals surface area contributed by atoms with Crippen molar-refractivity contribution in [1.29, 1.82) is 5.26 Å². The van der Waals surface area contributed by atoms with Crippen LogP contribution in [0.4, 0.5) is 10.1 Å². The second-order valence-electron chi connectivity index (χ2n) is 4.48. The molecule has 2 atom stereocenters. The summed E-state index contributed by atoms with van der Waals surface area (Å²) in [6.07, 6.45) is -0.289. The van der Waals surface area contributed by atoms with Crippen molar-refractivity contribution in [1.82, 2.24) is 0 Å². The van der Waals surface area contributed by atoms with E-state index >= 15 is 0 Å². The van der Waals surface area contributed by atoms with Gasteiger partial charge in [0.25, 0.3) is 11.8 Å². The summed E-state index contributed by atoms with van der Waals surface area (Å²) in [5.41, 5.74) is 0.0853. The maximum Gasteiger partial charge on any atom is 0.263 e. The van der Waals surface area contributed by atoms with Crippen LogP contribution in [0.25, 0.3) is 0 Å². The summed E-state index contributed by atoms with van der Waals surface area (Å²) in [5.74, 6) is -1.56. The zero-order chi connectivity index (χ0) is 13.6. The number of carbonyl (C=O) groups is 2. The summed E-state index contributed by atoms with van der Waals surface area (Å²) < 4.78 is 18.4. The summed E-state index contributed by atoms with van der Waals surface area (Å²) in [4.78, 5) is 25.2. The van der Waals surface area contributed by atoms with Gasteiger partial charge in [0.2, 0.25) is 0 Å². The Hall–Kier alpha value is -2.26. The normalized spacial score (nSPS) is 25.6. The van der Waals surface area contributed by atoms with Crippen LogP contribution in [0.3, 0.4) is 0 Å². The summed E-state index contributed by atoms with van der Waals surface area (Å²) in [6.45, 7) is 0. The van der Waals surface area contributed by atoms with E-state index in [0.29, 0.717) is 12.8 Å². The fourth-order valence-electron chi connectivity index (χ4n) is 2.43. The molecule has 2 aliphatic heterocycles. The first kappa shape index (κ1) is 11.8. The summed E-state index contributed by atoms with van der Waals surface area (Å²) in [5, 5.41) is 9.00. The average molecular weight is 260 g/mol. The van der Waals surface area contributed by atoms with Crippen molar-refractivity contribution in [2.24, 2.45) is 0 Å². The molecular weight excluding hydrogens is 251 g/mol. The van der Waals surface area contributed by atoms with Crippen LogP contribution in [-0.4, -0.2) is 24.0 Å². The molecule has 0 aliphatic carbocycles. The number of carbonyl (C=O) groups excluding carboxylic acids is 2. The number of nitriles is 1. The highest BCUT2D eigenvalue weighted by atomic mass is 19.1. The molecule has 0 radical (unpaired) electrons. The fourth-order valence-corrected chi connectivity index (χ4v) is 2.43. The van der Waals surface area contributed by atoms with E-state index in [1.54, 1.807) is 6.07 Å². The molecule has 6 heteroatoms. The third kappa shape index (κ3) is 1.71. The van der Waals surface area contributed by atoms with E-state index in [-0.39, 0.29) is 11.3 Å². The minimum absolute atomic E-state index is 0.0389. The number of fused-ring (bicyclic) bond motifs is 2. The number of benzene rings is 1. The molecule has 2 unspecified atom stereocenters. The number of amides is 2. The van der Waals surface area contributed by atoms with Crippen molar-refractivity contribution in [2.45, 2.75) is 25.0 Å². The lowest BCUT2D eigenvalue weighted by molar-refractivity contribution is -0.146. The van der Waals surface area contributed by atoms with Gasteiger partial charge in [-0.25, -0.2) is 9.29 Å². The maximum absolute atomic E-state index is 13.1. The van der Waals surface area contributed by atoms with Gasteiger partial charge in [-0.3, -0.25) is 9.59 Å². The van der Waals surface area contributed by atoms with Crippen molar-refractivity contribution in [3.8, 4) is 6.07 Å². The predicted octanol–water partition coefficient (Wildman–Crippen LogP) is 1.12. The lowest BCUT2D eigenvalue weighted by Crippen LogP contribution is -2.52. The lowest BCUT2D eigenvalue weighted by Gasteiger charge is -2.30. The predicted molar refractivity (Wildman–Crippen MR) is 61.5 cm³/mol. The molecule has 96 valence electrons. The lowest BCUT2D eigenvalue weighted by atomic mass is 10.1. The quantitative estimate of drug-likeness (QED) is 0.709. The van der Waals surface area contributed by atoms with Crippen LogP contribution in [0, 0.1) is 17.1 Å². The first-order valence-electron chi connectivity index (χ1n) is 5.84. The van der Waals surface area contributed by atoms with Gasteiger partial charge in [0.05, 0.1) is 11.3 Å². The summed E-state index contributed by atoms with van der Waals surface area (Å²) >= 11 is 0. The van der Waals surface area contributed by atoms with Gasteiger partial charge in [0, 0.05) is 0 Å². The first-order valence-corrected chi connectivity index (χ1v) is 5.84. The molecule has 3 rings (SSSR count). The van der Waals surface area contributed by atoms with Crippen LogP contribution in [0.5, 0.6) is 0 Å². The largest absolute Gasteiger partial charge is 0.355 e. The highest BCUT2D eigenvalue weighted by Gasteiger charge is 2.47. The molecule has 0 N–H and O–H groups in total. The number of halogens is 1. The molecule has 0 saturated carbocycles. The topological polar surface area (TPSA) is 70.4 Å². The smallest absolute Gasteiger partial charge is 0.263 e. The number of nitrogens with zero attached hydrogens (tertiary/aromatic N) is 2. The molecule has 2 aliphatic rings. The maximum atomic E-state index is 13.1. The molecule has 1 aromatic carbocycles. The third-order valence-corrected chi connectivity index (χ3v) is 3.33. The minimum Gasteiger partial charge on any atom is -0.355 e. The van der Waals surface area contributed by atoms with Gasteiger partial charge in [-0.15, -0.1) is 0 Å². The van der Waals surface area contributed by atoms with Crippen LogP contribution < -0.4 is 4.90 Å². The Morgan fingerprint density at radius 1 is 1.26 bits per heavy atom. The van der Waals surface area contributed by atoms with Crippen LogP contribution in [0.2, 0.25) is 0 Å². The molecule has 0 spiro atoms. The van der Waals surface area contributed by atoms with Crippen molar-refractivity contribution < 1.29 is 18.7 Å². The Balaban J connectivity index is 2.09. The Morgan fingerprint density at radius 3 is 2.47 bits per heavy atom. The highest BCUT2D eigenvalue weighted by Crippen LogP contribution is 2.33. The molecule has 2 saturated heterocycles. The zero-order valence-corrected chi connectivity index (χ0v) is 9.80. The van der Waals surface area contributed by atoms with Gasteiger partial charge in [0.15, 0.2) is 0 Å². The number of morpholine rings is 1. The van der Waals surface area contributed by atoms with E-state index in [1.165, 1.54) is 6.07 Å². The van der Waals surface area contributed by atoms with Crippen molar-refractivity contribution in [2.75, 3.05) is 4.90 Å². The second-order valence-corrected chi connectivity index (χ2v) is 4.48. The Morgan fingerprint density at radius 2 is 1.89 bits per heavy atom. The van der Waals surface area contributed by atoms with E-state index < -0.39 is 29.8 Å². The zero-order valence-electron chi connectivity index (χ0n) is 9.80. The highest BCUT2D eigenvalue weighted by molar-refractivity contribution is 6.20. The average Bonchev–Trinajstić information content (AvgIpc) is 2.85. The molecule has 0 aromatic heterocycles. The van der Waals surface area contributed by atoms with Crippen LogP contribution in [0.1, 0.15) is 18.4 Å². The standard InChI is InChI=1S/C13H9FN2O3/c14-8-1-2-9(7(5-8)6-15)16-12(17)10-3-4-11(19-10)13(16)18/h1-2,5,10-11H,3-4H2. The second kappa shape index (κ2) is 4.14. The Kier molecular flexibility index (Phi) is 2.57. The Labute approximate surface area is 108 Å². The van der Waals surface area contributed by atoms with Gasteiger partial charge in [-0.05, 0) is 31.0 Å². The number of rotatable bonds is 1. The number of anilines is 1. The van der Waals surface area contributed by atoms with E-state index in [1.807, 2.05) is 0 Å². The van der Waals surface area contributed by atoms with Gasteiger partial charge < -0.3 is 4.74 Å². The monoisotopic (exact) mass is 260 g/mol. The SMILES string of the molecule is N#Cc1cc(F)ccc1N1C(=O)C2CCC(O2)C1=O. The van der Waals surface area contributed by atoms with Crippen molar-refractivity contribution >= 4 is 17.5 Å². The fraction of sp³-hybridized carbons (Fsp3) is 0.308.